The van der Waals surface area contributed by atoms with E-state index in [4.69, 9.17) is 9.47 Å². The van der Waals surface area contributed by atoms with Gasteiger partial charge in [-0.3, -0.25) is 4.79 Å². The van der Waals surface area contributed by atoms with Crippen molar-refractivity contribution >= 4 is 28.1 Å². The molecule has 0 saturated carbocycles. The third-order valence-corrected chi connectivity index (χ3v) is 3.68. The highest BCUT2D eigenvalue weighted by molar-refractivity contribution is 7.13. The molecule has 1 amide bonds. The number of ether oxygens (including phenoxy) is 2. The van der Waals surface area contributed by atoms with Crippen molar-refractivity contribution in [3.63, 3.8) is 0 Å². The predicted octanol–water partition coefficient (Wildman–Crippen LogP) is 2.38. The van der Waals surface area contributed by atoms with Crippen LogP contribution in [0.1, 0.15) is 5.69 Å². The first-order valence-electron chi connectivity index (χ1n) is 6.30. The van der Waals surface area contributed by atoms with E-state index >= 15 is 0 Å². The summed E-state index contributed by atoms with van der Waals surface area (Å²) in [4.78, 5) is 16.3. The van der Waals surface area contributed by atoms with Gasteiger partial charge in [0.05, 0.1) is 26.3 Å². The van der Waals surface area contributed by atoms with E-state index < -0.39 is 0 Å². The number of anilines is 2. The largest absolute Gasteiger partial charge is 0.493 e. The lowest BCUT2D eigenvalue weighted by Crippen LogP contribution is -2.14. The number of carbonyl (C=O) groups is 1. The fourth-order valence-electron chi connectivity index (χ4n) is 1.79. The molecular weight excluding hydrogens is 290 g/mol. The summed E-state index contributed by atoms with van der Waals surface area (Å²) >= 11 is 1.47. The molecule has 7 heteroatoms. The summed E-state index contributed by atoms with van der Waals surface area (Å²) in [5.74, 6) is 1.06. The molecule has 0 fully saturated rings. The summed E-state index contributed by atoms with van der Waals surface area (Å²) in [6.45, 7) is 0. The number of benzene rings is 1. The topological polar surface area (TPSA) is 72.5 Å². The lowest BCUT2D eigenvalue weighted by atomic mass is 10.2. The maximum Gasteiger partial charge on any atom is 0.230 e. The molecule has 0 spiro atoms. The van der Waals surface area contributed by atoms with E-state index in [0.717, 1.165) is 10.8 Å². The van der Waals surface area contributed by atoms with Gasteiger partial charge in [-0.2, -0.15) is 0 Å². The van der Waals surface area contributed by atoms with E-state index in [1.54, 1.807) is 39.5 Å². The van der Waals surface area contributed by atoms with Crippen LogP contribution in [0, 0.1) is 0 Å². The highest BCUT2D eigenvalue weighted by Gasteiger charge is 2.10. The molecule has 2 aromatic rings. The van der Waals surface area contributed by atoms with Gasteiger partial charge in [0.15, 0.2) is 16.6 Å². The van der Waals surface area contributed by atoms with E-state index in [-0.39, 0.29) is 12.3 Å². The quantitative estimate of drug-likeness (QED) is 0.857. The van der Waals surface area contributed by atoms with Crippen LogP contribution in [0.25, 0.3) is 0 Å². The average Bonchev–Trinajstić information content (AvgIpc) is 2.94. The number of aromatic nitrogens is 1. The van der Waals surface area contributed by atoms with Crippen molar-refractivity contribution in [1.29, 1.82) is 0 Å². The van der Waals surface area contributed by atoms with Gasteiger partial charge in [0.1, 0.15) is 0 Å². The molecule has 0 aliphatic carbocycles. The molecule has 0 unspecified atom stereocenters. The molecule has 0 bridgehead atoms. The van der Waals surface area contributed by atoms with Crippen molar-refractivity contribution in [2.45, 2.75) is 6.42 Å². The number of carbonyl (C=O) groups excluding carboxylic acids is 1. The highest BCUT2D eigenvalue weighted by Crippen LogP contribution is 2.29. The third-order valence-electron chi connectivity index (χ3n) is 2.77. The van der Waals surface area contributed by atoms with Gasteiger partial charge in [-0.25, -0.2) is 4.98 Å². The van der Waals surface area contributed by atoms with E-state index in [1.165, 1.54) is 11.3 Å². The van der Waals surface area contributed by atoms with Gasteiger partial charge < -0.3 is 20.1 Å². The monoisotopic (exact) mass is 307 g/mol. The Morgan fingerprint density at radius 2 is 2.05 bits per heavy atom. The minimum Gasteiger partial charge on any atom is -0.493 e. The maximum atomic E-state index is 12.0. The van der Waals surface area contributed by atoms with Gasteiger partial charge in [0.2, 0.25) is 5.91 Å². The Morgan fingerprint density at radius 1 is 1.29 bits per heavy atom. The van der Waals surface area contributed by atoms with Gasteiger partial charge in [-0.1, -0.05) is 0 Å². The minimum absolute atomic E-state index is 0.129. The smallest absolute Gasteiger partial charge is 0.230 e. The van der Waals surface area contributed by atoms with Crippen LogP contribution in [-0.4, -0.2) is 32.2 Å². The number of methoxy groups -OCH3 is 2. The van der Waals surface area contributed by atoms with Crippen LogP contribution in [0.3, 0.4) is 0 Å². The number of rotatable bonds is 6. The normalized spacial score (nSPS) is 10.0. The SMILES string of the molecule is CNc1nc(CC(=O)Nc2ccc(OC)c(OC)c2)cs1. The summed E-state index contributed by atoms with van der Waals surface area (Å²) in [5.41, 5.74) is 1.39. The van der Waals surface area contributed by atoms with Crippen LogP contribution in [0.4, 0.5) is 10.8 Å². The zero-order valence-corrected chi connectivity index (χ0v) is 12.9. The summed E-state index contributed by atoms with van der Waals surface area (Å²) in [6, 6.07) is 5.23. The molecule has 1 aromatic carbocycles. The fourth-order valence-corrected chi connectivity index (χ4v) is 2.46. The highest BCUT2D eigenvalue weighted by atomic mass is 32.1. The van der Waals surface area contributed by atoms with Crippen molar-refractivity contribution < 1.29 is 14.3 Å². The number of nitrogens with one attached hydrogen (secondary N) is 2. The average molecular weight is 307 g/mol. The third kappa shape index (κ3) is 3.85. The first kappa shape index (κ1) is 15.1. The van der Waals surface area contributed by atoms with Crippen LogP contribution in [-0.2, 0) is 11.2 Å². The van der Waals surface area contributed by atoms with Gasteiger partial charge in [0.25, 0.3) is 0 Å². The van der Waals surface area contributed by atoms with Gasteiger partial charge in [0, 0.05) is 24.2 Å². The number of hydrogen-bond acceptors (Lipinski definition) is 6. The molecule has 0 radical (unpaired) electrons. The van der Waals surface area contributed by atoms with Crippen molar-refractivity contribution in [2.75, 3.05) is 31.9 Å². The number of nitrogens with zero attached hydrogens (tertiary/aromatic N) is 1. The molecule has 0 aliphatic rings. The second kappa shape index (κ2) is 6.94. The molecule has 0 saturated heterocycles. The van der Waals surface area contributed by atoms with E-state index in [2.05, 4.69) is 15.6 Å². The van der Waals surface area contributed by atoms with E-state index in [9.17, 15) is 4.79 Å². The zero-order chi connectivity index (χ0) is 15.2. The second-order valence-electron chi connectivity index (χ2n) is 4.19. The maximum absolute atomic E-state index is 12.0. The molecule has 112 valence electrons. The van der Waals surface area contributed by atoms with Crippen molar-refractivity contribution in [1.82, 2.24) is 4.98 Å². The first-order valence-corrected chi connectivity index (χ1v) is 7.18. The predicted molar refractivity (Wildman–Crippen MR) is 83.5 cm³/mol. The molecular formula is C14H17N3O3S. The summed E-state index contributed by atoms with van der Waals surface area (Å²) < 4.78 is 10.4. The molecule has 2 rings (SSSR count). The summed E-state index contributed by atoms with van der Waals surface area (Å²) in [5, 5.41) is 8.41. The van der Waals surface area contributed by atoms with Crippen LogP contribution in [0.5, 0.6) is 11.5 Å². The zero-order valence-electron chi connectivity index (χ0n) is 12.1. The summed E-state index contributed by atoms with van der Waals surface area (Å²) in [7, 11) is 4.92. The molecule has 1 aromatic heterocycles. The lowest BCUT2D eigenvalue weighted by molar-refractivity contribution is -0.115. The van der Waals surface area contributed by atoms with Gasteiger partial charge in [-0.15, -0.1) is 11.3 Å². The van der Waals surface area contributed by atoms with E-state index in [0.29, 0.717) is 17.2 Å². The van der Waals surface area contributed by atoms with Crippen LogP contribution >= 0.6 is 11.3 Å². The van der Waals surface area contributed by atoms with Crippen molar-refractivity contribution in [3.8, 4) is 11.5 Å². The molecule has 6 nitrogen and oxygen atoms in total. The Balaban J connectivity index is 2.02. The van der Waals surface area contributed by atoms with Crippen molar-refractivity contribution in [3.05, 3.63) is 29.3 Å². The Morgan fingerprint density at radius 3 is 2.67 bits per heavy atom. The Hall–Kier alpha value is -2.28. The molecule has 21 heavy (non-hydrogen) atoms. The Kier molecular flexibility index (Phi) is 4.99. The van der Waals surface area contributed by atoms with Gasteiger partial charge >= 0.3 is 0 Å². The molecule has 2 N–H and O–H groups in total. The Labute approximate surface area is 127 Å². The minimum atomic E-state index is -0.129. The van der Waals surface area contributed by atoms with Gasteiger partial charge in [-0.05, 0) is 12.1 Å². The van der Waals surface area contributed by atoms with Crippen molar-refractivity contribution in [2.24, 2.45) is 0 Å². The van der Waals surface area contributed by atoms with Crippen LogP contribution in [0.2, 0.25) is 0 Å². The number of amides is 1. The number of hydrogen-bond donors (Lipinski definition) is 2. The van der Waals surface area contributed by atoms with Crippen LogP contribution in [0.15, 0.2) is 23.6 Å². The lowest BCUT2D eigenvalue weighted by Gasteiger charge is -2.10. The second-order valence-corrected chi connectivity index (χ2v) is 5.05. The standard InChI is InChI=1S/C14H17N3O3S/c1-15-14-17-10(8-21-14)7-13(18)16-9-4-5-11(19-2)12(6-9)20-3/h4-6,8H,7H2,1-3H3,(H,15,17)(H,16,18). The summed E-state index contributed by atoms with van der Waals surface area (Å²) in [6.07, 6.45) is 0.229. The first-order chi connectivity index (χ1) is 10.2. The number of thiazole rings is 1. The van der Waals surface area contributed by atoms with E-state index in [1.807, 2.05) is 5.38 Å². The molecule has 1 heterocycles. The molecule has 0 atom stereocenters. The molecule has 0 aliphatic heterocycles. The Bertz CT molecular complexity index is 628. The fraction of sp³-hybridized carbons (Fsp3) is 0.286. The van der Waals surface area contributed by atoms with Crippen LogP contribution < -0.4 is 20.1 Å².